The van der Waals surface area contributed by atoms with E-state index in [0.717, 1.165) is 0 Å². The summed E-state index contributed by atoms with van der Waals surface area (Å²) < 4.78 is 31.5. The predicted octanol–water partition coefficient (Wildman–Crippen LogP) is 2.73. The van der Waals surface area contributed by atoms with Crippen molar-refractivity contribution in [1.29, 1.82) is 0 Å². The number of pyridine rings is 1. The lowest BCUT2D eigenvalue weighted by Crippen LogP contribution is -1.97. The lowest BCUT2D eigenvalue weighted by molar-refractivity contribution is 0.406. The minimum absolute atomic E-state index is 0.186. The monoisotopic (exact) mass is 222 g/mol. The summed E-state index contributed by atoms with van der Waals surface area (Å²) in [6.07, 6.45) is 1.49. The van der Waals surface area contributed by atoms with Crippen LogP contribution in [0, 0.1) is 11.6 Å². The minimum Gasteiger partial charge on any atom is -0.436 e. The van der Waals surface area contributed by atoms with Gasteiger partial charge in [0.05, 0.1) is 5.69 Å². The molecule has 0 saturated heterocycles. The lowest BCUT2D eigenvalue weighted by atomic mass is 10.3. The number of nitrogens with zero attached hydrogens (tertiary/aromatic N) is 1. The SMILES string of the molecule is Nc1ccc(Oc2ccccn2)c(F)c1F. The Balaban J connectivity index is 2.33. The summed E-state index contributed by atoms with van der Waals surface area (Å²) in [5.74, 6) is -2.30. The van der Waals surface area contributed by atoms with Crippen LogP contribution in [0.1, 0.15) is 0 Å². The van der Waals surface area contributed by atoms with Crippen LogP contribution in [-0.2, 0) is 0 Å². The largest absolute Gasteiger partial charge is 0.436 e. The van der Waals surface area contributed by atoms with Gasteiger partial charge < -0.3 is 10.5 Å². The standard InChI is InChI=1S/C11H8F2N2O/c12-10-7(14)4-5-8(11(10)13)16-9-3-1-2-6-15-9/h1-6H,14H2. The van der Waals surface area contributed by atoms with Gasteiger partial charge >= 0.3 is 0 Å². The molecule has 1 aromatic carbocycles. The average Bonchev–Trinajstić information content (AvgIpc) is 2.31. The van der Waals surface area contributed by atoms with Crippen molar-refractivity contribution < 1.29 is 13.5 Å². The summed E-state index contributed by atoms with van der Waals surface area (Å²) in [6, 6.07) is 7.38. The molecule has 3 nitrogen and oxygen atoms in total. The van der Waals surface area contributed by atoms with Crippen molar-refractivity contribution in [3.05, 3.63) is 48.2 Å². The number of hydrogen-bond acceptors (Lipinski definition) is 3. The van der Waals surface area contributed by atoms with Gasteiger partial charge in [-0.1, -0.05) is 6.07 Å². The van der Waals surface area contributed by atoms with Crippen LogP contribution in [-0.4, -0.2) is 4.98 Å². The molecule has 2 aromatic rings. The third kappa shape index (κ3) is 1.93. The minimum atomic E-state index is -1.12. The molecule has 0 amide bonds. The van der Waals surface area contributed by atoms with Crippen LogP contribution in [0.4, 0.5) is 14.5 Å². The second-order valence-corrected chi connectivity index (χ2v) is 3.05. The number of ether oxygens (including phenoxy) is 1. The van der Waals surface area contributed by atoms with E-state index in [1.165, 1.54) is 24.4 Å². The second kappa shape index (κ2) is 4.14. The topological polar surface area (TPSA) is 48.1 Å². The first-order chi connectivity index (χ1) is 7.68. The number of aromatic nitrogens is 1. The highest BCUT2D eigenvalue weighted by atomic mass is 19.2. The second-order valence-electron chi connectivity index (χ2n) is 3.05. The van der Waals surface area contributed by atoms with Crippen molar-refractivity contribution >= 4 is 5.69 Å². The molecule has 0 aliphatic carbocycles. The Morgan fingerprint density at radius 1 is 1.06 bits per heavy atom. The third-order valence-electron chi connectivity index (χ3n) is 1.93. The van der Waals surface area contributed by atoms with Gasteiger partial charge in [-0.25, -0.2) is 9.37 Å². The quantitative estimate of drug-likeness (QED) is 0.795. The molecule has 5 heteroatoms. The van der Waals surface area contributed by atoms with Gasteiger partial charge in [-0.05, 0) is 18.2 Å². The summed E-state index contributed by atoms with van der Waals surface area (Å²) >= 11 is 0. The molecule has 1 heterocycles. The molecule has 0 radical (unpaired) electrons. The molecule has 0 atom stereocenters. The van der Waals surface area contributed by atoms with Crippen LogP contribution in [0.3, 0.4) is 0 Å². The van der Waals surface area contributed by atoms with E-state index in [1.54, 1.807) is 12.1 Å². The van der Waals surface area contributed by atoms with Gasteiger partial charge in [0.1, 0.15) is 0 Å². The zero-order valence-electron chi connectivity index (χ0n) is 8.15. The van der Waals surface area contributed by atoms with E-state index >= 15 is 0 Å². The van der Waals surface area contributed by atoms with E-state index in [9.17, 15) is 8.78 Å². The predicted molar refractivity (Wildman–Crippen MR) is 55.1 cm³/mol. The normalized spacial score (nSPS) is 10.1. The molecule has 1 aromatic heterocycles. The summed E-state index contributed by atoms with van der Waals surface area (Å²) in [4.78, 5) is 3.82. The molecule has 16 heavy (non-hydrogen) atoms. The molecule has 0 aliphatic rings. The first kappa shape index (κ1) is 10.4. The van der Waals surface area contributed by atoms with Gasteiger partial charge in [-0.3, -0.25) is 0 Å². The number of hydrogen-bond donors (Lipinski definition) is 1. The Morgan fingerprint density at radius 3 is 2.56 bits per heavy atom. The van der Waals surface area contributed by atoms with Gasteiger partial charge in [-0.15, -0.1) is 0 Å². The smallest absolute Gasteiger partial charge is 0.219 e. The summed E-state index contributed by atoms with van der Waals surface area (Å²) in [5.41, 5.74) is 4.94. The van der Waals surface area contributed by atoms with E-state index in [-0.39, 0.29) is 17.3 Å². The maximum Gasteiger partial charge on any atom is 0.219 e. The Hall–Kier alpha value is -2.17. The van der Waals surface area contributed by atoms with Gasteiger partial charge in [0, 0.05) is 12.3 Å². The Morgan fingerprint density at radius 2 is 1.88 bits per heavy atom. The molecule has 0 saturated carbocycles. The van der Waals surface area contributed by atoms with Crippen molar-refractivity contribution in [2.75, 3.05) is 5.73 Å². The van der Waals surface area contributed by atoms with Crippen molar-refractivity contribution in [3.63, 3.8) is 0 Å². The summed E-state index contributed by atoms with van der Waals surface area (Å²) in [7, 11) is 0. The third-order valence-corrected chi connectivity index (χ3v) is 1.93. The molecule has 0 bridgehead atoms. The molecule has 0 aliphatic heterocycles. The summed E-state index contributed by atoms with van der Waals surface area (Å²) in [6.45, 7) is 0. The first-order valence-electron chi connectivity index (χ1n) is 4.51. The summed E-state index contributed by atoms with van der Waals surface area (Å²) in [5, 5.41) is 0. The fourth-order valence-corrected chi connectivity index (χ4v) is 1.15. The van der Waals surface area contributed by atoms with E-state index in [0.29, 0.717) is 0 Å². The van der Waals surface area contributed by atoms with Crippen LogP contribution >= 0.6 is 0 Å². The number of rotatable bonds is 2. The number of benzene rings is 1. The fourth-order valence-electron chi connectivity index (χ4n) is 1.15. The van der Waals surface area contributed by atoms with Gasteiger partial charge in [0.2, 0.25) is 11.7 Å². The molecule has 2 N–H and O–H groups in total. The van der Waals surface area contributed by atoms with Crippen LogP contribution in [0.2, 0.25) is 0 Å². The molecule has 0 unspecified atom stereocenters. The maximum atomic E-state index is 13.3. The van der Waals surface area contributed by atoms with Crippen molar-refractivity contribution in [1.82, 2.24) is 4.98 Å². The first-order valence-corrected chi connectivity index (χ1v) is 4.51. The molecular weight excluding hydrogens is 214 g/mol. The maximum absolute atomic E-state index is 13.3. The van der Waals surface area contributed by atoms with E-state index in [4.69, 9.17) is 10.5 Å². The molecular formula is C11H8F2N2O. The fraction of sp³-hybridized carbons (Fsp3) is 0. The Labute approximate surface area is 90.5 Å². The average molecular weight is 222 g/mol. The highest BCUT2D eigenvalue weighted by molar-refractivity contribution is 5.45. The van der Waals surface area contributed by atoms with Crippen molar-refractivity contribution in [3.8, 4) is 11.6 Å². The van der Waals surface area contributed by atoms with Crippen molar-refractivity contribution in [2.45, 2.75) is 0 Å². The molecule has 0 fully saturated rings. The number of nitrogen functional groups attached to an aromatic ring is 1. The highest BCUT2D eigenvalue weighted by Crippen LogP contribution is 2.27. The lowest BCUT2D eigenvalue weighted by Gasteiger charge is -2.06. The zero-order chi connectivity index (χ0) is 11.5. The van der Waals surface area contributed by atoms with Crippen molar-refractivity contribution in [2.24, 2.45) is 0 Å². The van der Waals surface area contributed by atoms with Gasteiger partial charge in [0.25, 0.3) is 0 Å². The van der Waals surface area contributed by atoms with E-state index < -0.39 is 11.6 Å². The number of nitrogens with two attached hydrogens (primary N) is 1. The van der Waals surface area contributed by atoms with Crippen LogP contribution < -0.4 is 10.5 Å². The highest BCUT2D eigenvalue weighted by Gasteiger charge is 2.13. The van der Waals surface area contributed by atoms with E-state index in [1.807, 2.05) is 0 Å². The van der Waals surface area contributed by atoms with Gasteiger partial charge in [0.15, 0.2) is 11.6 Å². The number of halogens is 2. The molecule has 82 valence electrons. The van der Waals surface area contributed by atoms with Crippen LogP contribution in [0.15, 0.2) is 36.5 Å². The number of anilines is 1. The Bertz CT molecular complexity index is 503. The Kier molecular flexibility index (Phi) is 2.68. The van der Waals surface area contributed by atoms with Crippen LogP contribution in [0.25, 0.3) is 0 Å². The molecule has 0 spiro atoms. The van der Waals surface area contributed by atoms with Gasteiger partial charge in [-0.2, -0.15) is 4.39 Å². The van der Waals surface area contributed by atoms with Crippen LogP contribution in [0.5, 0.6) is 11.6 Å². The zero-order valence-corrected chi connectivity index (χ0v) is 8.15. The van der Waals surface area contributed by atoms with E-state index in [2.05, 4.69) is 4.98 Å². The molecule has 2 rings (SSSR count).